The first kappa shape index (κ1) is 19.3. The largest absolute Gasteiger partial charge is 0.477 e. The van der Waals surface area contributed by atoms with Gasteiger partial charge in [0.25, 0.3) is 11.8 Å². The SMILES string of the molecule is CCNC(=O)C(C)NC(=O)c1nc(OCC2CC2)ccc1N1CC(F)(F)C1. The molecular weight excluding hydrogens is 358 g/mol. The van der Waals surface area contributed by atoms with Crippen molar-refractivity contribution in [2.24, 2.45) is 5.92 Å². The van der Waals surface area contributed by atoms with Gasteiger partial charge in [-0.3, -0.25) is 9.59 Å². The van der Waals surface area contributed by atoms with Crippen LogP contribution in [0.15, 0.2) is 12.1 Å². The minimum Gasteiger partial charge on any atom is -0.477 e. The molecule has 2 N–H and O–H groups in total. The molecule has 9 heteroatoms. The van der Waals surface area contributed by atoms with Gasteiger partial charge >= 0.3 is 0 Å². The predicted octanol–water partition coefficient (Wildman–Crippen LogP) is 1.58. The number of anilines is 1. The summed E-state index contributed by atoms with van der Waals surface area (Å²) in [5.41, 5.74) is 0.287. The van der Waals surface area contributed by atoms with Gasteiger partial charge in [-0.2, -0.15) is 0 Å². The van der Waals surface area contributed by atoms with Crippen molar-refractivity contribution in [2.45, 2.75) is 38.7 Å². The minimum absolute atomic E-state index is 0.0186. The number of pyridine rings is 1. The molecule has 2 heterocycles. The van der Waals surface area contributed by atoms with Crippen LogP contribution >= 0.6 is 0 Å². The van der Waals surface area contributed by atoms with Crippen LogP contribution in [-0.2, 0) is 4.79 Å². The normalized spacial score (nSPS) is 19.0. The number of hydrogen-bond donors (Lipinski definition) is 2. The van der Waals surface area contributed by atoms with E-state index >= 15 is 0 Å². The van der Waals surface area contributed by atoms with Crippen LogP contribution in [0.5, 0.6) is 5.88 Å². The van der Waals surface area contributed by atoms with Crippen molar-refractivity contribution in [1.29, 1.82) is 0 Å². The summed E-state index contributed by atoms with van der Waals surface area (Å²) in [7, 11) is 0. The average molecular weight is 382 g/mol. The maximum absolute atomic E-state index is 13.3. The molecule has 27 heavy (non-hydrogen) atoms. The number of aromatic nitrogens is 1. The molecule has 1 aliphatic heterocycles. The van der Waals surface area contributed by atoms with Gasteiger partial charge in [0.05, 0.1) is 25.4 Å². The Hall–Kier alpha value is -2.45. The van der Waals surface area contributed by atoms with Crippen molar-refractivity contribution >= 4 is 17.5 Å². The highest BCUT2D eigenvalue weighted by molar-refractivity contribution is 6.00. The smallest absolute Gasteiger partial charge is 0.282 e. The van der Waals surface area contributed by atoms with Gasteiger partial charge in [-0.05, 0) is 38.7 Å². The Bertz CT molecular complexity index is 717. The molecule has 0 aromatic carbocycles. The quantitative estimate of drug-likeness (QED) is 0.713. The molecule has 0 bridgehead atoms. The van der Waals surface area contributed by atoms with Gasteiger partial charge in [-0.1, -0.05) is 0 Å². The van der Waals surface area contributed by atoms with E-state index in [0.717, 1.165) is 12.8 Å². The molecule has 2 fully saturated rings. The van der Waals surface area contributed by atoms with Crippen LogP contribution in [0.2, 0.25) is 0 Å². The summed E-state index contributed by atoms with van der Waals surface area (Å²) in [6.07, 6.45) is 2.22. The third kappa shape index (κ3) is 4.84. The van der Waals surface area contributed by atoms with Crippen molar-refractivity contribution < 1.29 is 23.1 Å². The zero-order valence-electron chi connectivity index (χ0n) is 15.4. The first-order chi connectivity index (χ1) is 12.8. The van der Waals surface area contributed by atoms with Crippen LogP contribution in [-0.4, -0.2) is 55.0 Å². The van der Waals surface area contributed by atoms with Gasteiger partial charge in [0.15, 0.2) is 5.69 Å². The Kier molecular flexibility index (Phi) is 5.48. The lowest BCUT2D eigenvalue weighted by Crippen LogP contribution is -2.57. The molecule has 1 unspecified atom stereocenters. The van der Waals surface area contributed by atoms with Crippen LogP contribution in [0.25, 0.3) is 0 Å². The third-order valence-corrected chi connectivity index (χ3v) is 4.50. The Morgan fingerprint density at radius 2 is 2.07 bits per heavy atom. The second-order valence-corrected chi connectivity index (χ2v) is 7.07. The van der Waals surface area contributed by atoms with Crippen molar-refractivity contribution in [3.05, 3.63) is 17.8 Å². The molecular formula is C18H24F2N4O3. The number of halogens is 2. The van der Waals surface area contributed by atoms with Crippen LogP contribution in [0.1, 0.15) is 37.2 Å². The summed E-state index contributed by atoms with van der Waals surface area (Å²) in [5.74, 6) is -2.92. The molecule has 0 radical (unpaired) electrons. The van der Waals surface area contributed by atoms with Gasteiger partial charge in [-0.25, -0.2) is 13.8 Å². The molecule has 1 saturated carbocycles. The number of alkyl halides is 2. The first-order valence-electron chi connectivity index (χ1n) is 9.14. The fourth-order valence-electron chi connectivity index (χ4n) is 2.76. The molecule has 1 aromatic heterocycles. The molecule has 7 nitrogen and oxygen atoms in total. The second kappa shape index (κ2) is 7.66. The lowest BCUT2D eigenvalue weighted by atomic mass is 10.1. The minimum atomic E-state index is -2.77. The Balaban J connectivity index is 1.76. The van der Waals surface area contributed by atoms with Crippen molar-refractivity contribution in [3.8, 4) is 5.88 Å². The lowest BCUT2D eigenvalue weighted by molar-refractivity contribution is -0.122. The monoisotopic (exact) mass is 382 g/mol. The number of rotatable bonds is 8. The predicted molar refractivity (Wildman–Crippen MR) is 95.2 cm³/mol. The highest BCUT2D eigenvalue weighted by Crippen LogP contribution is 2.34. The summed E-state index contributed by atoms with van der Waals surface area (Å²) < 4.78 is 32.1. The van der Waals surface area contributed by atoms with Gasteiger partial charge in [0.2, 0.25) is 11.8 Å². The van der Waals surface area contributed by atoms with Crippen molar-refractivity contribution in [1.82, 2.24) is 15.6 Å². The number of amides is 2. The molecule has 2 aliphatic rings. The number of carbonyl (C=O) groups excluding carboxylic acids is 2. The highest BCUT2D eigenvalue weighted by atomic mass is 19.3. The second-order valence-electron chi connectivity index (χ2n) is 7.07. The van der Waals surface area contributed by atoms with Crippen LogP contribution in [0.3, 0.4) is 0 Å². The number of ether oxygens (including phenoxy) is 1. The van der Waals surface area contributed by atoms with E-state index in [1.807, 2.05) is 0 Å². The topological polar surface area (TPSA) is 83.6 Å². The van der Waals surface area contributed by atoms with Gasteiger partial charge in [0, 0.05) is 12.6 Å². The lowest BCUT2D eigenvalue weighted by Gasteiger charge is -2.40. The summed E-state index contributed by atoms with van der Waals surface area (Å²) in [5, 5.41) is 5.18. The summed E-state index contributed by atoms with van der Waals surface area (Å²) >= 11 is 0. The van der Waals surface area contributed by atoms with Crippen molar-refractivity contribution in [3.63, 3.8) is 0 Å². The fraction of sp³-hybridized carbons (Fsp3) is 0.611. The molecule has 1 saturated heterocycles. The van der Waals surface area contributed by atoms with E-state index in [4.69, 9.17) is 4.74 Å². The summed E-state index contributed by atoms with van der Waals surface area (Å²) in [6.45, 7) is 3.34. The molecule has 1 aromatic rings. The summed E-state index contributed by atoms with van der Waals surface area (Å²) in [4.78, 5) is 30.1. The van der Waals surface area contributed by atoms with E-state index in [2.05, 4.69) is 15.6 Å². The van der Waals surface area contributed by atoms with Crippen LogP contribution < -0.4 is 20.3 Å². The number of hydrogen-bond acceptors (Lipinski definition) is 5. The molecule has 0 spiro atoms. The molecule has 1 aliphatic carbocycles. The molecule has 3 rings (SSSR count). The van der Waals surface area contributed by atoms with E-state index in [0.29, 0.717) is 24.8 Å². The number of carbonyl (C=O) groups is 2. The maximum atomic E-state index is 13.3. The summed E-state index contributed by atoms with van der Waals surface area (Å²) in [6, 6.07) is 2.37. The Morgan fingerprint density at radius 3 is 2.67 bits per heavy atom. The molecule has 1 atom stereocenters. The van der Waals surface area contributed by atoms with E-state index in [9.17, 15) is 18.4 Å². The van der Waals surface area contributed by atoms with Crippen molar-refractivity contribution in [2.75, 3.05) is 31.1 Å². The Morgan fingerprint density at radius 1 is 1.37 bits per heavy atom. The van der Waals surface area contributed by atoms with Crippen LogP contribution in [0, 0.1) is 5.92 Å². The Labute approximate surface area is 156 Å². The molecule has 2 amide bonds. The van der Waals surface area contributed by atoms with Crippen LogP contribution in [0.4, 0.5) is 14.5 Å². The zero-order valence-corrected chi connectivity index (χ0v) is 15.4. The number of nitrogens with one attached hydrogen (secondary N) is 2. The maximum Gasteiger partial charge on any atom is 0.282 e. The fourth-order valence-corrected chi connectivity index (χ4v) is 2.76. The van der Waals surface area contributed by atoms with E-state index in [1.165, 1.54) is 4.90 Å². The third-order valence-electron chi connectivity index (χ3n) is 4.50. The van der Waals surface area contributed by atoms with Gasteiger partial charge in [0.1, 0.15) is 6.04 Å². The van der Waals surface area contributed by atoms with E-state index < -0.39 is 31.0 Å². The van der Waals surface area contributed by atoms with Gasteiger partial charge in [-0.15, -0.1) is 0 Å². The van der Waals surface area contributed by atoms with Gasteiger partial charge < -0.3 is 20.3 Å². The highest BCUT2D eigenvalue weighted by Gasteiger charge is 2.45. The number of likely N-dealkylation sites (N-methyl/N-ethyl adjacent to an activating group) is 1. The number of nitrogens with zero attached hydrogens (tertiary/aromatic N) is 2. The molecule has 148 valence electrons. The standard InChI is InChI=1S/C18H24F2N4O3/c1-3-21-16(25)11(2)22-17(26)15-13(24-9-18(19,20)10-24)6-7-14(23-15)27-8-12-4-5-12/h6-7,11-12H,3-5,8-10H2,1-2H3,(H,21,25)(H,22,26). The van der Waals surface area contributed by atoms with E-state index in [-0.39, 0.29) is 17.5 Å². The zero-order chi connectivity index (χ0) is 19.6. The average Bonchev–Trinajstić information content (AvgIpc) is 3.42. The van der Waals surface area contributed by atoms with E-state index in [1.54, 1.807) is 26.0 Å². The first-order valence-corrected chi connectivity index (χ1v) is 9.14.